The topological polar surface area (TPSA) is 76.1 Å². The summed E-state index contributed by atoms with van der Waals surface area (Å²) in [6.07, 6.45) is 0. The van der Waals surface area contributed by atoms with Gasteiger partial charge in [0, 0.05) is 16.3 Å². The Balaban J connectivity index is 1.61. The number of amides is 1. The lowest BCUT2D eigenvalue weighted by Gasteiger charge is -2.08. The molecule has 0 spiro atoms. The second-order valence-corrected chi connectivity index (χ2v) is 5.78. The van der Waals surface area contributed by atoms with Crippen LogP contribution in [0.15, 0.2) is 60.7 Å². The lowest BCUT2D eigenvalue weighted by Crippen LogP contribution is -2.13. The van der Waals surface area contributed by atoms with Gasteiger partial charge in [0.25, 0.3) is 5.91 Å². The zero-order valence-corrected chi connectivity index (χ0v) is 14.8. The van der Waals surface area contributed by atoms with Crippen LogP contribution in [-0.2, 0) is 0 Å². The van der Waals surface area contributed by atoms with Gasteiger partial charge in [0.2, 0.25) is 0 Å². The van der Waals surface area contributed by atoms with Crippen molar-refractivity contribution < 1.29 is 9.53 Å². The Labute approximate surface area is 156 Å². The average molecular weight is 369 g/mol. The first-order valence-corrected chi connectivity index (χ1v) is 8.42. The van der Waals surface area contributed by atoms with E-state index in [1.807, 2.05) is 31.2 Å². The molecule has 3 rings (SSSR count). The minimum Gasteiger partial charge on any atom is -0.494 e. The fraction of sp³-hybridized carbons (Fsp3) is 0.105. The second-order valence-electron chi connectivity index (χ2n) is 5.35. The van der Waals surface area contributed by atoms with E-state index in [2.05, 4.69) is 20.8 Å². The van der Waals surface area contributed by atoms with E-state index in [0.29, 0.717) is 28.8 Å². The van der Waals surface area contributed by atoms with Crippen LogP contribution in [0.1, 0.15) is 17.3 Å². The summed E-state index contributed by atoms with van der Waals surface area (Å²) < 4.78 is 5.40. The van der Waals surface area contributed by atoms with Crippen molar-refractivity contribution in [2.75, 3.05) is 17.2 Å². The van der Waals surface area contributed by atoms with Gasteiger partial charge in [-0.05, 0) is 67.6 Å². The molecule has 0 radical (unpaired) electrons. The van der Waals surface area contributed by atoms with Crippen LogP contribution in [0.4, 0.5) is 17.3 Å². The number of hydrogen-bond acceptors (Lipinski definition) is 5. The van der Waals surface area contributed by atoms with Crippen LogP contribution in [0.2, 0.25) is 5.02 Å². The highest BCUT2D eigenvalue weighted by molar-refractivity contribution is 6.30. The van der Waals surface area contributed by atoms with Crippen LogP contribution >= 0.6 is 11.6 Å². The molecular weight excluding hydrogens is 352 g/mol. The number of anilines is 3. The van der Waals surface area contributed by atoms with Gasteiger partial charge < -0.3 is 15.4 Å². The van der Waals surface area contributed by atoms with Crippen LogP contribution in [0.3, 0.4) is 0 Å². The zero-order chi connectivity index (χ0) is 18.4. The molecule has 26 heavy (non-hydrogen) atoms. The molecule has 0 aliphatic rings. The fourth-order valence-corrected chi connectivity index (χ4v) is 2.33. The number of carbonyl (C=O) groups excluding carboxylic acids is 1. The second kappa shape index (κ2) is 8.31. The van der Waals surface area contributed by atoms with Gasteiger partial charge in [0.05, 0.1) is 6.61 Å². The summed E-state index contributed by atoms with van der Waals surface area (Å²) in [6, 6.07) is 17.6. The number of nitrogens with one attached hydrogen (secondary N) is 2. The Kier molecular flexibility index (Phi) is 5.66. The van der Waals surface area contributed by atoms with Gasteiger partial charge >= 0.3 is 0 Å². The molecular formula is C19H17ClN4O2. The third-order valence-corrected chi connectivity index (χ3v) is 3.70. The van der Waals surface area contributed by atoms with Gasteiger partial charge in [-0.3, -0.25) is 4.79 Å². The number of carbonyl (C=O) groups is 1. The van der Waals surface area contributed by atoms with Gasteiger partial charge in [-0.1, -0.05) is 11.6 Å². The largest absolute Gasteiger partial charge is 0.494 e. The van der Waals surface area contributed by atoms with Gasteiger partial charge in [-0.25, -0.2) is 0 Å². The molecule has 2 aromatic carbocycles. The Hall–Kier alpha value is -3.12. The molecule has 7 heteroatoms. The predicted octanol–water partition coefficient (Wildman–Crippen LogP) is 4.52. The molecule has 0 unspecified atom stereocenters. The van der Waals surface area contributed by atoms with Crippen molar-refractivity contribution in [3.63, 3.8) is 0 Å². The maximum atomic E-state index is 12.1. The number of benzene rings is 2. The van der Waals surface area contributed by atoms with Gasteiger partial charge in [0.15, 0.2) is 11.6 Å². The lowest BCUT2D eigenvalue weighted by atomic mass is 10.2. The van der Waals surface area contributed by atoms with Crippen molar-refractivity contribution in [2.24, 2.45) is 0 Å². The summed E-state index contributed by atoms with van der Waals surface area (Å²) in [7, 11) is 0. The maximum Gasteiger partial charge on any atom is 0.256 e. The molecule has 0 saturated carbocycles. The van der Waals surface area contributed by atoms with E-state index in [0.717, 1.165) is 11.4 Å². The van der Waals surface area contributed by atoms with Crippen molar-refractivity contribution >= 4 is 34.8 Å². The standard InChI is InChI=1S/C19H17ClN4O2/c1-2-26-16-9-7-15(8-10-16)21-17-11-12-18(24-23-17)22-19(25)13-3-5-14(20)6-4-13/h3-12H,2H2,1H3,(H,21,23)(H,22,24,25). The molecule has 0 aliphatic carbocycles. The molecule has 0 saturated heterocycles. The van der Waals surface area contributed by atoms with E-state index in [1.54, 1.807) is 36.4 Å². The maximum absolute atomic E-state index is 12.1. The Morgan fingerprint density at radius 1 is 0.962 bits per heavy atom. The first-order chi connectivity index (χ1) is 12.6. The molecule has 2 N–H and O–H groups in total. The van der Waals surface area contributed by atoms with E-state index in [9.17, 15) is 4.79 Å². The van der Waals surface area contributed by atoms with E-state index in [4.69, 9.17) is 16.3 Å². The number of aromatic nitrogens is 2. The van der Waals surface area contributed by atoms with Crippen LogP contribution in [0.25, 0.3) is 0 Å². The molecule has 0 aliphatic heterocycles. The molecule has 1 heterocycles. The lowest BCUT2D eigenvalue weighted by molar-refractivity contribution is 0.102. The summed E-state index contributed by atoms with van der Waals surface area (Å²) in [5.41, 5.74) is 1.36. The van der Waals surface area contributed by atoms with Crippen LogP contribution in [0, 0.1) is 0 Å². The molecule has 1 amide bonds. The summed E-state index contributed by atoms with van der Waals surface area (Å²) in [6.45, 7) is 2.57. The Morgan fingerprint density at radius 2 is 1.62 bits per heavy atom. The molecule has 0 bridgehead atoms. The molecule has 132 valence electrons. The van der Waals surface area contributed by atoms with E-state index < -0.39 is 0 Å². The van der Waals surface area contributed by atoms with Crippen molar-refractivity contribution in [1.29, 1.82) is 0 Å². The minimum atomic E-state index is -0.275. The molecule has 3 aromatic rings. The van der Waals surface area contributed by atoms with Gasteiger partial charge in [-0.2, -0.15) is 0 Å². The molecule has 6 nitrogen and oxygen atoms in total. The number of hydrogen-bond donors (Lipinski definition) is 2. The van der Waals surface area contributed by atoms with Gasteiger partial charge in [0.1, 0.15) is 5.75 Å². The summed E-state index contributed by atoms with van der Waals surface area (Å²) >= 11 is 5.82. The number of ether oxygens (including phenoxy) is 1. The Morgan fingerprint density at radius 3 is 2.23 bits per heavy atom. The predicted molar refractivity (Wildman–Crippen MR) is 102 cm³/mol. The van der Waals surface area contributed by atoms with Crippen molar-refractivity contribution in [3.8, 4) is 5.75 Å². The van der Waals surface area contributed by atoms with Gasteiger partial charge in [-0.15, -0.1) is 10.2 Å². The monoisotopic (exact) mass is 368 g/mol. The third-order valence-electron chi connectivity index (χ3n) is 3.45. The average Bonchev–Trinajstić information content (AvgIpc) is 2.66. The SMILES string of the molecule is CCOc1ccc(Nc2ccc(NC(=O)c3ccc(Cl)cc3)nn2)cc1. The van der Waals surface area contributed by atoms with Crippen LogP contribution < -0.4 is 15.4 Å². The number of nitrogens with zero attached hydrogens (tertiary/aromatic N) is 2. The van der Waals surface area contributed by atoms with E-state index >= 15 is 0 Å². The normalized spacial score (nSPS) is 10.2. The first kappa shape index (κ1) is 17.7. The number of rotatable bonds is 6. The highest BCUT2D eigenvalue weighted by atomic mass is 35.5. The molecule has 1 aromatic heterocycles. The molecule has 0 atom stereocenters. The highest BCUT2D eigenvalue weighted by Gasteiger charge is 2.07. The molecule has 0 fully saturated rings. The smallest absolute Gasteiger partial charge is 0.256 e. The van der Waals surface area contributed by atoms with E-state index in [1.165, 1.54) is 0 Å². The van der Waals surface area contributed by atoms with Crippen molar-refractivity contribution in [2.45, 2.75) is 6.92 Å². The van der Waals surface area contributed by atoms with Crippen LogP contribution in [-0.4, -0.2) is 22.7 Å². The van der Waals surface area contributed by atoms with Crippen molar-refractivity contribution in [1.82, 2.24) is 10.2 Å². The Bertz CT molecular complexity index is 866. The summed E-state index contributed by atoms with van der Waals surface area (Å²) in [5, 5.41) is 14.5. The highest BCUT2D eigenvalue weighted by Crippen LogP contribution is 2.19. The van der Waals surface area contributed by atoms with Crippen LogP contribution in [0.5, 0.6) is 5.75 Å². The summed E-state index contributed by atoms with van der Waals surface area (Å²) in [4.78, 5) is 12.1. The first-order valence-electron chi connectivity index (χ1n) is 8.04. The fourth-order valence-electron chi connectivity index (χ4n) is 2.20. The minimum absolute atomic E-state index is 0.275. The third kappa shape index (κ3) is 4.70. The number of halogens is 1. The summed E-state index contributed by atoms with van der Waals surface area (Å²) in [5.74, 6) is 1.47. The van der Waals surface area contributed by atoms with E-state index in [-0.39, 0.29) is 5.91 Å². The quantitative estimate of drug-likeness (QED) is 0.668. The zero-order valence-electron chi connectivity index (χ0n) is 14.1. The van der Waals surface area contributed by atoms with Crippen molar-refractivity contribution in [3.05, 3.63) is 71.2 Å².